The molecule has 1 saturated heterocycles. The number of hydrogen-bond donors (Lipinski definition) is 1. The molecule has 2 aliphatic rings. The number of carbonyl (C=O) groups is 1. The highest BCUT2D eigenvalue weighted by Gasteiger charge is 2.42. The van der Waals surface area contributed by atoms with Crippen LogP contribution in [0.5, 0.6) is 11.5 Å². The minimum absolute atomic E-state index is 0.104. The van der Waals surface area contributed by atoms with Gasteiger partial charge >= 0.3 is 0 Å². The summed E-state index contributed by atoms with van der Waals surface area (Å²) in [5.74, 6) is 1.97. The van der Waals surface area contributed by atoms with Crippen LogP contribution in [0.4, 0.5) is 5.69 Å². The molecule has 0 bridgehead atoms. The van der Waals surface area contributed by atoms with Gasteiger partial charge in [-0.25, -0.2) is 0 Å². The number of hydrogen-bond acceptors (Lipinski definition) is 5. The molecule has 5 nitrogen and oxygen atoms in total. The lowest BCUT2D eigenvalue weighted by atomic mass is 9.85. The van der Waals surface area contributed by atoms with Gasteiger partial charge in [0, 0.05) is 11.7 Å². The minimum Gasteiger partial charge on any atom is -0.493 e. The highest BCUT2D eigenvalue weighted by atomic mass is 127. The Hall–Kier alpha value is -1.87. The molecule has 1 unspecified atom stereocenters. The van der Waals surface area contributed by atoms with Gasteiger partial charge < -0.3 is 19.7 Å². The molecule has 1 heterocycles. The van der Waals surface area contributed by atoms with Gasteiger partial charge in [-0.2, -0.15) is 0 Å². The largest absolute Gasteiger partial charge is 0.493 e. The molecule has 1 aliphatic heterocycles. The molecule has 0 aromatic heterocycles. The van der Waals surface area contributed by atoms with Crippen molar-refractivity contribution in [2.24, 2.45) is 5.92 Å². The number of halogens is 1. The first-order valence-electron chi connectivity index (χ1n) is 11.0. The van der Waals surface area contributed by atoms with Crippen molar-refractivity contribution in [2.45, 2.75) is 44.1 Å². The summed E-state index contributed by atoms with van der Waals surface area (Å²) in [7, 11) is 3.27. The number of benzene rings is 2. The smallest absolute Gasteiger partial charge is 0.262 e. The second-order valence-corrected chi connectivity index (χ2v) is 10.6. The first-order chi connectivity index (χ1) is 15.5. The van der Waals surface area contributed by atoms with Crippen LogP contribution in [0, 0.1) is 9.49 Å². The van der Waals surface area contributed by atoms with Gasteiger partial charge in [-0.05, 0) is 77.3 Å². The highest BCUT2D eigenvalue weighted by Crippen LogP contribution is 2.43. The van der Waals surface area contributed by atoms with E-state index in [9.17, 15) is 4.79 Å². The molecule has 0 spiro atoms. The molecule has 2 aromatic carbocycles. The Morgan fingerprint density at radius 1 is 1.12 bits per heavy atom. The van der Waals surface area contributed by atoms with Gasteiger partial charge in [-0.1, -0.05) is 49.7 Å². The number of rotatable bonds is 6. The quantitative estimate of drug-likeness (QED) is 0.335. The normalized spacial score (nSPS) is 24.6. The number of anilines is 1. The lowest BCUT2D eigenvalue weighted by molar-refractivity contribution is -0.129. The van der Waals surface area contributed by atoms with E-state index < -0.39 is 0 Å². The first-order valence-corrected chi connectivity index (χ1v) is 12.9. The summed E-state index contributed by atoms with van der Waals surface area (Å²) in [4.78, 5) is 16.5. The van der Waals surface area contributed by atoms with Crippen LogP contribution in [0.3, 0.4) is 0 Å². The Morgan fingerprint density at radius 2 is 1.88 bits per heavy atom. The van der Waals surface area contributed by atoms with Gasteiger partial charge in [0.15, 0.2) is 17.0 Å². The van der Waals surface area contributed by atoms with Crippen molar-refractivity contribution < 1.29 is 14.3 Å². The van der Waals surface area contributed by atoms with Gasteiger partial charge in [-0.15, -0.1) is 0 Å². The van der Waals surface area contributed by atoms with Crippen molar-refractivity contribution >= 4 is 52.0 Å². The molecule has 170 valence electrons. The van der Waals surface area contributed by atoms with E-state index in [0.717, 1.165) is 26.1 Å². The maximum Gasteiger partial charge on any atom is 0.262 e. The Bertz CT molecular complexity index is 998. The second kappa shape index (κ2) is 10.4. The molecule has 2 aromatic rings. The van der Waals surface area contributed by atoms with Crippen LogP contribution in [0.25, 0.3) is 6.08 Å². The molecule has 7 heteroatoms. The van der Waals surface area contributed by atoms with Gasteiger partial charge in [0.05, 0.1) is 22.7 Å². The van der Waals surface area contributed by atoms with E-state index in [0.29, 0.717) is 17.4 Å². The lowest BCUT2D eigenvalue weighted by Gasteiger charge is -2.39. The predicted octanol–water partition coefficient (Wildman–Crippen LogP) is 6.20. The van der Waals surface area contributed by atoms with Gasteiger partial charge in [-0.3, -0.25) is 4.79 Å². The first kappa shape index (κ1) is 23.3. The maximum atomic E-state index is 13.7. The fourth-order valence-electron chi connectivity index (χ4n) is 4.54. The lowest BCUT2D eigenvalue weighted by Crippen LogP contribution is -2.48. The fraction of sp³-hybridized carbons (Fsp3) is 0.400. The van der Waals surface area contributed by atoms with Gasteiger partial charge in [0.1, 0.15) is 0 Å². The maximum absolute atomic E-state index is 13.7. The molecular formula is C25H29IN2O3S. The minimum atomic E-state index is -0.124. The van der Waals surface area contributed by atoms with Gasteiger partial charge in [0.2, 0.25) is 0 Å². The number of nitrogens with zero attached hydrogens (tertiary/aromatic N) is 1. The Balaban J connectivity index is 1.67. The Labute approximate surface area is 208 Å². The van der Waals surface area contributed by atoms with Crippen molar-refractivity contribution in [3.8, 4) is 11.5 Å². The van der Waals surface area contributed by atoms with Crippen LogP contribution in [0.15, 0.2) is 47.4 Å². The molecule has 4 rings (SSSR count). The molecule has 2 fully saturated rings. The van der Waals surface area contributed by atoms with E-state index in [-0.39, 0.29) is 17.4 Å². The number of para-hydroxylation sites is 1. The third-order valence-electron chi connectivity index (χ3n) is 6.18. The van der Waals surface area contributed by atoms with Crippen molar-refractivity contribution in [3.63, 3.8) is 0 Å². The number of amides is 1. The standard InChI is InChI=1S/C25H29IN2O3S/c1-16-9-7-8-12-20(16)28-24(29)22(32-25(28)27-18-10-5-4-6-11-18)15-17-13-19(26)23(31-3)21(14-17)30-2/h4-6,10-11,13-16,20,25,27H,7-9,12H2,1-3H3/b22-15-/t16-,20-,25?/m1/s1. The van der Waals surface area contributed by atoms with Gasteiger partial charge in [0.25, 0.3) is 5.91 Å². The van der Waals surface area contributed by atoms with Crippen molar-refractivity contribution in [1.29, 1.82) is 0 Å². The van der Waals surface area contributed by atoms with E-state index >= 15 is 0 Å². The summed E-state index contributed by atoms with van der Waals surface area (Å²) in [5, 5.41) is 3.59. The Kier molecular flexibility index (Phi) is 7.55. The topological polar surface area (TPSA) is 50.8 Å². The Morgan fingerprint density at radius 3 is 2.56 bits per heavy atom. The zero-order valence-electron chi connectivity index (χ0n) is 18.6. The van der Waals surface area contributed by atoms with Crippen LogP contribution in [-0.2, 0) is 4.79 Å². The summed E-state index contributed by atoms with van der Waals surface area (Å²) < 4.78 is 11.9. The van der Waals surface area contributed by atoms with E-state index in [1.165, 1.54) is 19.3 Å². The summed E-state index contributed by atoms with van der Waals surface area (Å²) in [6.07, 6.45) is 6.63. The number of thioether (sulfide) groups is 1. The summed E-state index contributed by atoms with van der Waals surface area (Å²) in [6.45, 7) is 2.28. The third-order valence-corrected chi connectivity index (χ3v) is 8.09. The summed E-state index contributed by atoms with van der Waals surface area (Å²) in [6, 6.07) is 14.3. The van der Waals surface area contributed by atoms with Crippen LogP contribution in [0.1, 0.15) is 38.2 Å². The molecule has 1 aliphatic carbocycles. The molecule has 1 N–H and O–H groups in total. The molecule has 0 radical (unpaired) electrons. The summed E-state index contributed by atoms with van der Waals surface area (Å²) >= 11 is 3.83. The van der Waals surface area contributed by atoms with E-state index in [1.54, 1.807) is 26.0 Å². The van der Waals surface area contributed by atoms with E-state index in [1.807, 2.05) is 48.5 Å². The third kappa shape index (κ3) is 4.88. The van der Waals surface area contributed by atoms with Crippen molar-refractivity contribution in [2.75, 3.05) is 19.5 Å². The molecular weight excluding hydrogens is 535 g/mol. The predicted molar refractivity (Wildman–Crippen MR) is 140 cm³/mol. The summed E-state index contributed by atoms with van der Waals surface area (Å²) in [5.41, 5.74) is 1.83. The van der Waals surface area contributed by atoms with E-state index in [2.05, 4.69) is 39.7 Å². The molecule has 1 saturated carbocycles. The monoisotopic (exact) mass is 564 g/mol. The van der Waals surface area contributed by atoms with Crippen LogP contribution in [-0.4, -0.2) is 36.6 Å². The number of methoxy groups -OCH3 is 2. The molecule has 32 heavy (non-hydrogen) atoms. The fourth-order valence-corrected chi connectivity index (χ4v) is 6.60. The highest BCUT2D eigenvalue weighted by molar-refractivity contribution is 14.1. The SMILES string of the molecule is COc1cc(/C=C2\SC(Nc3ccccc3)N([C@@H]3CCCC[C@H]3C)C2=O)cc(I)c1OC. The van der Waals surface area contributed by atoms with Crippen molar-refractivity contribution in [3.05, 3.63) is 56.5 Å². The van der Waals surface area contributed by atoms with Crippen molar-refractivity contribution in [1.82, 2.24) is 4.90 Å². The van der Waals surface area contributed by atoms with Crippen LogP contribution < -0.4 is 14.8 Å². The molecule has 3 atom stereocenters. The average molecular weight is 564 g/mol. The number of carbonyl (C=O) groups excluding carboxylic acids is 1. The zero-order chi connectivity index (χ0) is 22.7. The number of ether oxygens (including phenoxy) is 2. The van der Waals surface area contributed by atoms with Crippen LogP contribution in [0.2, 0.25) is 0 Å². The zero-order valence-corrected chi connectivity index (χ0v) is 21.6. The van der Waals surface area contributed by atoms with Crippen LogP contribution >= 0.6 is 34.4 Å². The van der Waals surface area contributed by atoms with E-state index in [4.69, 9.17) is 9.47 Å². The molecule has 1 amide bonds. The average Bonchev–Trinajstić information content (AvgIpc) is 3.08. The second-order valence-electron chi connectivity index (χ2n) is 8.27. The number of nitrogens with one attached hydrogen (secondary N) is 1.